The van der Waals surface area contributed by atoms with Gasteiger partial charge in [-0.25, -0.2) is 18.5 Å². The minimum absolute atomic E-state index is 0.0202. The van der Waals surface area contributed by atoms with Crippen LogP contribution in [0.2, 0.25) is 0 Å². The molecule has 0 aliphatic carbocycles. The average molecular weight is 496 g/mol. The standard InChI is InChI=1S/C24H21N3O5S2/c1-15-2-4-16(5-3-15)23(29)26-17-6-10-19(11-7-17)33-21-14-22(28)27(24(21)30)18-8-12-20(13-9-18)34(25,31)32/h2-13,21H,14H2,1H3,(H,26,29)(H2,25,31,32). The number of nitrogens with zero attached hydrogens (tertiary/aromatic N) is 1. The number of sulfonamides is 1. The van der Waals surface area contributed by atoms with Gasteiger partial charge in [0.2, 0.25) is 21.8 Å². The molecular weight excluding hydrogens is 474 g/mol. The zero-order valence-corrected chi connectivity index (χ0v) is 19.7. The molecule has 1 fully saturated rings. The Morgan fingerprint density at radius 2 is 1.59 bits per heavy atom. The second-order valence-electron chi connectivity index (χ2n) is 7.76. The van der Waals surface area contributed by atoms with Gasteiger partial charge < -0.3 is 5.32 Å². The third kappa shape index (κ3) is 5.19. The van der Waals surface area contributed by atoms with E-state index in [2.05, 4.69) is 5.32 Å². The van der Waals surface area contributed by atoms with Crippen molar-refractivity contribution in [1.29, 1.82) is 0 Å². The van der Waals surface area contributed by atoms with Crippen LogP contribution < -0.4 is 15.4 Å². The molecule has 174 valence electrons. The number of primary sulfonamides is 1. The highest BCUT2D eigenvalue weighted by atomic mass is 32.2. The monoisotopic (exact) mass is 495 g/mol. The molecule has 1 heterocycles. The summed E-state index contributed by atoms with van der Waals surface area (Å²) >= 11 is 1.25. The van der Waals surface area contributed by atoms with Crippen LogP contribution in [0.4, 0.5) is 11.4 Å². The Balaban J connectivity index is 1.41. The number of carbonyl (C=O) groups excluding carboxylic acids is 3. The zero-order chi connectivity index (χ0) is 24.5. The van der Waals surface area contributed by atoms with Gasteiger partial charge in [-0.3, -0.25) is 14.4 Å². The summed E-state index contributed by atoms with van der Waals surface area (Å²) in [5.41, 5.74) is 2.52. The molecule has 1 aliphatic rings. The van der Waals surface area contributed by atoms with Crippen molar-refractivity contribution in [1.82, 2.24) is 0 Å². The molecule has 3 N–H and O–H groups in total. The van der Waals surface area contributed by atoms with Crippen molar-refractivity contribution in [3.05, 3.63) is 83.9 Å². The minimum atomic E-state index is -3.87. The Hall–Kier alpha value is -3.47. The lowest BCUT2D eigenvalue weighted by Crippen LogP contribution is -2.31. The van der Waals surface area contributed by atoms with Crippen LogP contribution in [0, 0.1) is 6.92 Å². The quantitative estimate of drug-likeness (QED) is 0.505. The topological polar surface area (TPSA) is 127 Å². The van der Waals surface area contributed by atoms with Crippen molar-refractivity contribution in [3.8, 4) is 0 Å². The van der Waals surface area contributed by atoms with Gasteiger partial charge in [-0.05, 0) is 67.6 Å². The minimum Gasteiger partial charge on any atom is -0.322 e. The third-order valence-electron chi connectivity index (χ3n) is 5.23. The van der Waals surface area contributed by atoms with Crippen molar-refractivity contribution in [2.75, 3.05) is 10.2 Å². The van der Waals surface area contributed by atoms with Gasteiger partial charge in [-0.2, -0.15) is 0 Å². The van der Waals surface area contributed by atoms with Crippen LogP contribution in [0.5, 0.6) is 0 Å². The fourth-order valence-electron chi connectivity index (χ4n) is 3.44. The highest BCUT2D eigenvalue weighted by molar-refractivity contribution is 8.00. The molecule has 3 amide bonds. The summed E-state index contributed by atoms with van der Waals surface area (Å²) in [7, 11) is -3.87. The number of hydrogen-bond acceptors (Lipinski definition) is 6. The highest BCUT2D eigenvalue weighted by Crippen LogP contribution is 2.34. The lowest BCUT2D eigenvalue weighted by molar-refractivity contribution is -0.121. The van der Waals surface area contributed by atoms with Crippen LogP contribution in [0.15, 0.2) is 82.6 Å². The average Bonchev–Trinajstić information content (AvgIpc) is 3.07. The van der Waals surface area contributed by atoms with E-state index < -0.39 is 15.3 Å². The molecule has 1 saturated heterocycles. The summed E-state index contributed by atoms with van der Waals surface area (Å²) in [4.78, 5) is 39.5. The Kier molecular flexibility index (Phi) is 6.56. The van der Waals surface area contributed by atoms with E-state index in [0.717, 1.165) is 15.4 Å². The summed E-state index contributed by atoms with van der Waals surface area (Å²) in [6.45, 7) is 1.95. The zero-order valence-electron chi connectivity index (χ0n) is 18.1. The molecule has 3 aromatic rings. The molecule has 8 nitrogen and oxygen atoms in total. The summed E-state index contributed by atoms with van der Waals surface area (Å²) in [5, 5.41) is 7.31. The second-order valence-corrected chi connectivity index (χ2v) is 10.6. The number of amides is 3. The first-order chi connectivity index (χ1) is 16.1. The number of nitrogens with one attached hydrogen (secondary N) is 1. The number of imide groups is 1. The van der Waals surface area contributed by atoms with Crippen LogP contribution in [0.25, 0.3) is 0 Å². The number of carbonyl (C=O) groups is 3. The van der Waals surface area contributed by atoms with E-state index in [1.165, 1.54) is 36.0 Å². The second kappa shape index (κ2) is 9.41. The first-order valence-electron chi connectivity index (χ1n) is 10.3. The van der Waals surface area contributed by atoms with E-state index in [4.69, 9.17) is 5.14 Å². The molecular formula is C24H21N3O5S2. The predicted octanol–water partition coefficient (Wildman–Crippen LogP) is 3.32. The molecule has 0 aromatic heterocycles. The molecule has 3 aromatic carbocycles. The number of hydrogen-bond donors (Lipinski definition) is 2. The molecule has 10 heteroatoms. The van der Waals surface area contributed by atoms with Gasteiger partial charge in [0.1, 0.15) is 0 Å². The number of benzene rings is 3. The third-order valence-corrected chi connectivity index (χ3v) is 7.36. The molecule has 0 spiro atoms. The Morgan fingerprint density at radius 1 is 0.971 bits per heavy atom. The Morgan fingerprint density at radius 3 is 2.18 bits per heavy atom. The number of nitrogens with two attached hydrogens (primary N) is 1. The number of thioether (sulfide) groups is 1. The van der Waals surface area contributed by atoms with Crippen LogP contribution in [-0.4, -0.2) is 31.4 Å². The SMILES string of the molecule is Cc1ccc(C(=O)Nc2ccc(SC3CC(=O)N(c4ccc(S(N)(=O)=O)cc4)C3=O)cc2)cc1. The molecule has 4 rings (SSSR count). The Labute approximate surface area is 201 Å². The van der Waals surface area contributed by atoms with Gasteiger partial charge in [0, 0.05) is 22.6 Å². The molecule has 1 aliphatic heterocycles. The summed E-state index contributed by atoms with van der Waals surface area (Å²) in [6.07, 6.45) is 0.0202. The van der Waals surface area contributed by atoms with Gasteiger partial charge in [-0.1, -0.05) is 17.7 Å². The van der Waals surface area contributed by atoms with Crippen molar-refractivity contribution in [3.63, 3.8) is 0 Å². The molecule has 0 saturated carbocycles. The largest absolute Gasteiger partial charge is 0.322 e. The lowest BCUT2D eigenvalue weighted by atomic mass is 10.1. The summed E-state index contributed by atoms with van der Waals surface area (Å²) in [6, 6.07) is 19.6. The van der Waals surface area contributed by atoms with Gasteiger partial charge in [0.25, 0.3) is 5.91 Å². The van der Waals surface area contributed by atoms with E-state index in [1.807, 2.05) is 19.1 Å². The van der Waals surface area contributed by atoms with Crippen LogP contribution in [0.1, 0.15) is 22.3 Å². The lowest BCUT2D eigenvalue weighted by Gasteiger charge is -2.15. The number of anilines is 2. The van der Waals surface area contributed by atoms with Crippen molar-refractivity contribution in [2.45, 2.75) is 28.4 Å². The number of rotatable bonds is 6. The molecule has 1 atom stereocenters. The van der Waals surface area contributed by atoms with Gasteiger partial charge in [0.15, 0.2) is 0 Å². The van der Waals surface area contributed by atoms with Crippen molar-refractivity contribution >= 4 is 50.9 Å². The van der Waals surface area contributed by atoms with Crippen LogP contribution in [0.3, 0.4) is 0 Å². The van der Waals surface area contributed by atoms with Crippen molar-refractivity contribution in [2.24, 2.45) is 5.14 Å². The maximum absolute atomic E-state index is 12.9. The fourth-order valence-corrected chi connectivity index (χ4v) is 5.01. The first kappa shape index (κ1) is 23.7. The smallest absolute Gasteiger partial charge is 0.255 e. The summed E-state index contributed by atoms with van der Waals surface area (Å²) in [5.74, 6) is -0.969. The molecule has 34 heavy (non-hydrogen) atoms. The van der Waals surface area contributed by atoms with Gasteiger partial charge in [-0.15, -0.1) is 11.8 Å². The highest BCUT2D eigenvalue weighted by Gasteiger charge is 2.40. The van der Waals surface area contributed by atoms with E-state index >= 15 is 0 Å². The van der Waals surface area contributed by atoms with Crippen LogP contribution >= 0.6 is 11.8 Å². The molecule has 1 unspecified atom stereocenters. The van der Waals surface area contributed by atoms with E-state index in [-0.39, 0.29) is 29.0 Å². The molecule has 0 bridgehead atoms. The van der Waals surface area contributed by atoms with E-state index in [1.54, 1.807) is 36.4 Å². The van der Waals surface area contributed by atoms with Crippen molar-refractivity contribution < 1.29 is 22.8 Å². The molecule has 0 radical (unpaired) electrons. The van der Waals surface area contributed by atoms with Gasteiger partial charge in [0.05, 0.1) is 15.8 Å². The summed E-state index contributed by atoms with van der Waals surface area (Å²) < 4.78 is 22.8. The normalized spacial score (nSPS) is 16.1. The maximum atomic E-state index is 12.9. The number of aryl methyl sites for hydroxylation is 1. The van der Waals surface area contributed by atoms with Gasteiger partial charge >= 0.3 is 0 Å². The Bertz CT molecular complexity index is 1350. The maximum Gasteiger partial charge on any atom is 0.255 e. The van der Waals surface area contributed by atoms with E-state index in [9.17, 15) is 22.8 Å². The van der Waals surface area contributed by atoms with Crippen LogP contribution in [-0.2, 0) is 19.6 Å². The first-order valence-corrected chi connectivity index (χ1v) is 12.7. The fraction of sp³-hybridized carbons (Fsp3) is 0.125. The predicted molar refractivity (Wildman–Crippen MR) is 130 cm³/mol. The van der Waals surface area contributed by atoms with E-state index in [0.29, 0.717) is 16.9 Å².